The average molecular weight is 207 g/mol. The summed E-state index contributed by atoms with van der Waals surface area (Å²) >= 11 is 0. The lowest BCUT2D eigenvalue weighted by atomic mass is 10.0. The van der Waals surface area contributed by atoms with Crippen molar-refractivity contribution >= 4 is 0 Å². The summed E-state index contributed by atoms with van der Waals surface area (Å²) in [6.07, 6.45) is -2.78. The molecule has 1 atom stereocenters. The van der Waals surface area contributed by atoms with E-state index in [0.29, 0.717) is 5.56 Å². The normalized spacial score (nSPS) is 14.4. The van der Waals surface area contributed by atoms with Crippen LogP contribution in [0.25, 0.3) is 0 Å². The first-order chi connectivity index (χ1) is 6.36. The Balaban J connectivity index is 3.07. The van der Waals surface area contributed by atoms with Crippen molar-refractivity contribution in [2.45, 2.75) is 19.0 Å². The molecule has 0 fully saturated rings. The molecule has 1 rings (SSSR count). The van der Waals surface area contributed by atoms with Gasteiger partial charge in [-0.15, -0.1) is 0 Å². The van der Waals surface area contributed by atoms with Crippen molar-refractivity contribution in [1.82, 2.24) is 9.78 Å². The predicted octanol–water partition coefficient (Wildman–Crippen LogP) is 1.33. The lowest BCUT2D eigenvalue weighted by Gasteiger charge is -2.16. The Labute approximate surface area is 79.7 Å². The van der Waals surface area contributed by atoms with Crippen molar-refractivity contribution in [3.05, 3.63) is 17.5 Å². The van der Waals surface area contributed by atoms with Gasteiger partial charge in [0.1, 0.15) is 5.92 Å². The fourth-order valence-electron chi connectivity index (χ4n) is 1.37. The molecule has 0 aromatic carbocycles. The molecule has 1 aromatic rings. The second-order valence-electron chi connectivity index (χ2n) is 3.20. The van der Waals surface area contributed by atoms with E-state index in [1.165, 1.54) is 4.68 Å². The first-order valence-electron chi connectivity index (χ1n) is 4.13. The fraction of sp³-hybridized carbons (Fsp3) is 0.625. The molecule has 0 bridgehead atoms. The van der Waals surface area contributed by atoms with Crippen LogP contribution in [-0.4, -0.2) is 22.5 Å². The van der Waals surface area contributed by atoms with E-state index in [-0.39, 0.29) is 5.69 Å². The predicted molar refractivity (Wildman–Crippen MR) is 45.8 cm³/mol. The summed E-state index contributed by atoms with van der Waals surface area (Å²) in [6.45, 7) is 1.12. The first kappa shape index (κ1) is 11.0. The number of alkyl halides is 3. The summed E-state index contributed by atoms with van der Waals surface area (Å²) < 4.78 is 38.8. The highest BCUT2D eigenvalue weighted by Crippen LogP contribution is 2.34. The average Bonchev–Trinajstić information content (AvgIpc) is 2.29. The standard InChI is InChI=1S/C8H12F3N3/c1-5-4-14(2)13-7(5)6(3-12)8(9,10)11/h4,6H,3,12H2,1-2H3. The van der Waals surface area contributed by atoms with E-state index in [9.17, 15) is 13.2 Å². The smallest absolute Gasteiger partial charge is 0.329 e. The molecule has 0 radical (unpaired) electrons. The van der Waals surface area contributed by atoms with Crippen molar-refractivity contribution in [1.29, 1.82) is 0 Å². The minimum Gasteiger partial charge on any atom is -0.329 e. The molecule has 0 saturated carbocycles. The summed E-state index contributed by atoms with van der Waals surface area (Å²) in [7, 11) is 1.58. The van der Waals surface area contributed by atoms with Crippen LogP contribution >= 0.6 is 0 Å². The maximum atomic E-state index is 12.5. The molecule has 0 spiro atoms. The van der Waals surface area contributed by atoms with E-state index >= 15 is 0 Å². The topological polar surface area (TPSA) is 43.8 Å². The van der Waals surface area contributed by atoms with Crippen LogP contribution in [0.5, 0.6) is 0 Å². The third-order valence-corrected chi connectivity index (χ3v) is 2.01. The van der Waals surface area contributed by atoms with E-state index in [4.69, 9.17) is 5.73 Å². The Morgan fingerprint density at radius 2 is 2.14 bits per heavy atom. The number of nitrogens with two attached hydrogens (primary N) is 1. The van der Waals surface area contributed by atoms with Crippen LogP contribution in [0.15, 0.2) is 6.20 Å². The number of hydrogen-bond donors (Lipinski definition) is 1. The summed E-state index contributed by atoms with van der Waals surface area (Å²) in [5.41, 5.74) is 5.63. The summed E-state index contributed by atoms with van der Waals surface area (Å²) in [5.74, 6) is -1.66. The van der Waals surface area contributed by atoms with Gasteiger partial charge in [-0.1, -0.05) is 0 Å². The Hall–Kier alpha value is -1.04. The summed E-state index contributed by atoms with van der Waals surface area (Å²) in [5, 5.41) is 3.76. The molecule has 1 unspecified atom stereocenters. The molecular weight excluding hydrogens is 195 g/mol. The summed E-state index contributed by atoms with van der Waals surface area (Å²) in [4.78, 5) is 0. The van der Waals surface area contributed by atoms with Gasteiger partial charge in [-0.05, 0) is 12.5 Å². The van der Waals surface area contributed by atoms with Gasteiger partial charge in [0.05, 0.1) is 5.69 Å². The zero-order valence-corrected chi connectivity index (χ0v) is 7.97. The van der Waals surface area contributed by atoms with E-state index in [0.717, 1.165) is 0 Å². The van der Waals surface area contributed by atoms with E-state index < -0.39 is 18.6 Å². The van der Waals surface area contributed by atoms with Crippen molar-refractivity contribution in [3.63, 3.8) is 0 Å². The van der Waals surface area contributed by atoms with Crippen LogP contribution in [0.1, 0.15) is 17.2 Å². The Bertz CT molecular complexity index is 316. The van der Waals surface area contributed by atoms with Crippen LogP contribution < -0.4 is 5.73 Å². The summed E-state index contributed by atoms with van der Waals surface area (Å²) in [6, 6.07) is 0. The zero-order chi connectivity index (χ0) is 10.9. The fourth-order valence-corrected chi connectivity index (χ4v) is 1.37. The second kappa shape index (κ2) is 3.61. The number of rotatable bonds is 2. The number of halogens is 3. The van der Waals surface area contributed by atoms with Gasteiger partial charge in [0.2, 0.25) is 0 Å². The number of aromatic nitrogens is 2. The highest BCUT2D eigenvalue weighted by Gasteiger charge is 2.41. The molecule has 0 aliphatic carbocycles. The lowest BCUT2D eigenvalue weighted by molar-refractivity contribution is -0.149. The van der Waals surface area contributed by atoms with E-state index in [2.05, 4.69) is 5.10 Å². The van der Waals surface area contributed by atoms with Crippen molar-refractivity contribution < 1.29 is 13.2 Å². The molecule has 1 aromatic heterocycles. The monoisotopic (exact) mass is 207 g/mol. The van der Waals surface area contributed by atoms with Gasteiger partial charge in [0, 0.05) is 19.8 Å². The van der Waals surface area contributed by atoms with Crippen molar-refractivity contribution in [2.24, 2.45) is 12.8 Å². The molecule has 1 heterocycles. The third kappa shape index (κ3) is 2.06. The molecule has 0 saturated heterocycles. The molecule has 2 N–H and O–H groups in total. The molecule has 6 heteroatoms. The van der Waals surface area contributed by atoms with Gasteiger partial charge in [0.15, 0.2) is 0 Å². The van der Waals surface area contributed by atoms with Gasteiger partial charge < -0.3 is 5.73 Å². The van der Waals surface area contributed by atoms with Gasteiger partial charge >= 0.3 is 6.18 Å². The van der Waals surface area contributed by atoms with E-state index in [1.54, 1.807) is 20.2 Å². The molecule has 0 amide bonds. The largest absolute Gasteiger partial charge is 0.398 e. The minimum atomic E-state index is -4.33. The lowest BCUT2D eigenvalue weighted by Crippen LogP contribution is -2.29. The number of nitrogens with zero attached hydrogens (tertiary/aromatic N) is 2. The maximum absolute atomic E-state index is 12.5. The highest BCUT2D eigenvalue weighted by atomic mass is 19.4. The van der Waals surface area contributed by atoms with Crippen LogP contribution in [0, 0.1) is 6.92 Å². The number of hydrogen-bond acceptors (Lipinski definition) is 2. The van der Waals surface area contributed by atoms with Gasteiger partial charge in [-0.3, -0.25) is 4.68 Å². The molecule has 3 nitrogen and oxygen atoms in total. The zero-order valence-electron chi connectivity index (χ0n) is 7.97. The Morgan fingerprint density at radius 3 is 2.43 bits per heavy atom. The first-order valence-corrected chi connectivity index (χ1v) is 4.13. The van der Waals surface area contributed by atoms with Crippen LogP contribution in [0.3, 0.4) is 0 Å². The molecule has 0 aliphatic heterocycles. The molecule has 14 heavy (non-hydrogen) atoms. The van der Waals surface area contributed by atoms with Crippen molar-refractivity contribution in [3.8, 4) is 0 Å². The van der Waals surface area contributed by atoms with Gasteiger partial charge in [-0.25, -0.2) is 0 Å². The van der Waals surface area contributed by atoms with Crippen LogP contribution in [-0.2, 0) is 7.05 Å². The highest BCUT2D eigenvalue weighted by molar-refractivity contribution is 5.21. The minimum absolute atomic E-state index is 0.0162. The maximum Gasteiger partial charge on any atom is 0.398 e. The third-order valence-electron chi connectivity index (χ3n) is 2.01. The second-order valence-corrected chi connectivity index (χ2v) is 3.20. The van der Waals surface area contributed by atoms with E-state index in [1.807, 2.05) is 0 Å². The molecule has 0 aliphatic rings. The Kier molecular flexibility index (Phi) is 2.84. The Morgan fingerprint density at radius 1 is 1.57 bits per heavy atom. The number of aryl methyl sites for hydroxylation is 2. The molecular formula is C8H12F3N3. The van der Waals surface area contributed by atoms with Crippen molar-refractivity contribution in [2.75, 3.05) is 6.54 Å². The SMILES string of the molecule is Cc1cn(C)nc1C(CN)C(F)(F)F. The van der Waals surface area contributed by atoms with Gasteiger partial charge in [0.25, 0.3) is 0 Å². The van der Waals surface area contributed by atoms with Gasteiger partial charge in [-0.2, -0.15) is 18.3 Å². The quantitative estimate of drug-likeness (QED) is 0.795. The molecule has 80 valence electrons. The van der Waals surface area contributed by atoms with Crippen LogP contribution in [0.2, 0.25) is 0 Å². The van der Waals surface area contributed by atoms with Crippen LogP contribution in [0.4, 0.5) is 13.2 Å².